The van der Waals surface area contributed by atoms with Crippen LogP contribution in [0.2, 0.25) is 0 Å². The Balaban J connectivity index is 1.95. The minimum atomic E-state index is 0.363. The van der Waals surface area contributed by atoms with Gasteiger partial charge in [0, 0.05) is 17.5 Å². The Morgan fingerprint density at radius 2 is 2.23 bits per heavy atom. The van der Waals surface area contributed by atoms with Gasteiger partial charge < -0.3 is 15.2 Å². The van der Waals surface area contributed by atoms with E-state index >= 15 is 0 Å². The van der Waals surface area contributed by atoms with Gasteiger partial charge in [-0.2, -0.15) is 0 Å². The SMILES string of the molecule is CCNC(=NCc1cc(C(C)C)no1)NCc1scnc1C. The van der Waals surface area contributed by atoms with Crippen LogP contribution in [0.5, 0.6) is 0 Å². The third-order valence-electron chi connectivity index (χ3n) is 3.17. The van der Waals surface area contributed by atoms with Crippen molar-refractivity contribution in [2.75, 3.05) is 6.54 Å². The van der Waals surface area contributed by atoms with E-state index in [0.29, 0.717) is 12.5 Å². The van der Waals surface area contributed by atoms with E-state index in [9.17, 15) is 0 Å². The average Bonchev–Trinajstić information content (AvgIpc) is 3.11. The second-order valence-corrected chi connectivity index (χ2v) is 6.22. The maximum Gasteiger partial charge on any atom is 0.191 e. The summed E-state index contributed by atoms with van der Waals surface area (Å²) >= 11 is 1.65. The number of aliphatic imine (C=N–C) groups is 1. The molecule has 0 fully saturated rings. The summed E-state index contributed by atoms with van der Waals surface area (Å²) in [6.45, 7) is 10.2. The molecule has 0 aromatic carbocycles. The summed E-state index contributed by atoms with van der Waals surface area (Å²) in [6.07, 6.45) is 0. The molecule has 0 bridgehead atoms. The van der Waals surface area contributed by atoms with E-state index in [1.807, 2.05) is 25.4 Å². The molecule has 120 valence electrons. The van der Waals surface area contributed by atoms with Crippen LogP contribution in [-0.4, -0.2) is 22.6 Å². The first-order valence-electron chi connectivity index (χ1n) is 7.46. The predicted octanol–water partition coefficient (Wildman–Crippen LogP) is 2.82. The zero-order valence-corrected chi connectivity index (χ0v) is 14.3. The van der Waals surface area contributed by atoms with Crippen molar-refractivity contribution in [3.8, 4) is 0 Å². The number of thiazole rings is 1. The lowest BCUT2D eigenvalue weighted by Gasteiger charge is -2.10. The molecule has 0 aliphatic heterocycles. The molecule has 0 saturated carbocycles. The van der Waals surface area contributed by atoms with Crippen LogP contribution in [0.15, 0.2) is 21.1 Å². The van der Waals surface area contributed by atoms with Crippen LogP contribution in [0.3, 0.4) is 0 Å². The number of nitrogens with one attached hydrogen (secondary N) is 2. The zero-order chi connectivity index (χ0) is 15.9. The maximum atomic E-state index is 5.30. The quantitative estimate of drug-likeness (QED) is 0.632. The van der Waals surface area contributed by atoms with Crippen molar-refractivity contribution >= 4 is 17.3 Å². The number of rotatable bonds is 6. The number of hydrogen-bond acceptors (Lipinski definition) is 5. The van der Waals surface area contributed by atoms with E-state index in [1.165, 1.54) is 4.88 Å². The van der Waals surface area contributed by atoms with Crippen molar-refractivity contribution in [3.63, 3.8) is 0 Å². The van der Waals surface area contributed by atoms with Gasteiger partial charge in [0.15, 0.2) is 11.7 Å². The number of aromatic nitrogens is 2. The molecule has 2 heterocycles. The van der Waals surface area contributed by atoms with E-state index in [0.717, 1.165) is 36.2 Å². The molecule has 2 N–H and O–H groups in total. The molecule has 0 aliphatic carbocycles. The highest BCUT2D eigenvalue weighted by Crippen LogP contribution is 2.14. The Morgan fingerprint density at radius 3 is 2.82 bits per heavy atom. The van der Waals surface area contributed by atoms with Gasteiger partial charge in [-0.25, -0.2) is 9.98 Å². The Morgan fingerprint density at radius 1 is 1.41 bits per heavy atom. The lowest BCUT2D eigenvalue weighted by atomic mass is 10.1. The monoisotopic (exact) mass is 321 g/mol. The Hall–Kier alpha value is -1.89. The van der Waals surface area contributed by atoms with Crippen molar-refractivity contribution in [1.82, 2.24) is 20.8 Å². The molecule has 0 aliphatic rings. The summed E-state index contributed by atoms with van der Waals surface area (Å²) in [6, 6.07) is 1.96. The molecular formula is C15H23N5OS. The van der Waals surface area contributed by atoms with Gasteiger partial charge in [0.25, 0.3) is 0 Å². The number of hydrogen-bond donors (Lipinski definition) is 2. The van der Waals surface area contributed by atoms with E-state index in [4.69, 9.17) is 4.52 Å². The smallest absolute Gasteiger partial charge is 0.191 e. The zero-order valence-electron chi connectivity index (χ0n) is 13.5. The third kappa shape index (κ3) is 4.56. The number of aryl methyl sites for hydroxylation is 1. The van der Waals surface area contributed by atoms with Crippen LogP contribution in [-0.2, 0) is 13.1 Å². The Bertz CT molecular complexity index is 617. The summed E-state index contributed by atoms with van der Waals surface area (Å²) in [5.41, 5.74) is 3.88. The highest BCUT2D eigenvalue weighted by molar-refractivity contribution is 7.09. The highest BCUT2D eigenvalue weighted by Gasteiger charge is 2.08. The standard InChI is InChI=1S/C15H23N5OS/c1-5-16-15(18-8-14-11(4)19-9-22-14)17-7-12-6-13(10(2)3)20-21-12/h6,9-10H,5,7-8H2,1-4H3,(H2,16,17,18). The average molecular weight is 321 g/mol. The van der Waals surface area contributed by atoms with Gasteiger partial charge in [0.1, 0.15) is 6.54 Å². The molecule has 2 aromatic rings. The molecule has 7 heteroatoms. The lowest BCUT2D eigenvalue weighted by molar-refractivity contribution is 0.376. The van der Waals surface area contributed by atoms with Crippen molar-refractivity contribution in [3.05, 3.63) is 33.6 Å². The van der Waals surface area contributed by atoms with Crippen LogP contribution in [0.1, 0.15) is 48.7 Å². The number of guanidine groups is 1. The van der Waals surface area contributed by atoms with Gasteiger partial charge in [-0.1, -0.05) is 19.0 Å². The van der Waals surface area contributed by atoms with Crippen molar-refractivity contribution < 1.29 is 4.52 Å². The molecule has 0 unspecified atom stereocenters. The van der Waals surface area contributed by atoms with E-state index in [2.05, 4.69) is 39.6 Å². The minimum absolute atomic E-state index is 0.363. The van der Waals surface area contributed by atoms with Crippen molar-refractivity contribution in [1.29, 1.82) is 0 Å². The topological polar surface area (TPSA) is 75.3 Å². The minimum Gasteiger partial charge on any atom is -0.359 e. The van der Waals surface area contributed by atoms with Crippen molar-refractivity contribution in [2.45, 2.75) is 46.7 Å². The molecule has 0 saturated heterocycles. The fourth-order valence-corrected chi connectivity index (χ4v) is 2.55. The molecule has 2 rings (SSSR count). The fourth-order valence-electron chi connectivity index (χ4n) is 1.83. The van der Waals surface area contributed by atoms with Gasteiger partial charge in [-0.3, -0.25) is 0 Å². The first kappa shape index (κ1) is 16.5. The van der Waals surface area contributed by atoms with Crippen molar-refractivity contribution in [2.24, 2.45) is 4.99 Å². The van der Waals surface area contributed by atoms with E-state index < -0.39 is 0 Å². The van der Waals surface area contributed by atoms with Crippen LogP contribution in [0, 0.1) is 6.92 Å². The molecule has 0 spiro atoms. The number of nitrogens with zero attached hydrogens (tertiary/aromatic N) is 3. The molecular weight excluding hydrogens is 298 g/mol. The summed E-state index contributed by atoms with van der Waals surface area (Å²) in [7, 11) is 0. The maximum absolute atomic E-state index is 5.30. The Kier molecular flexibility index (Phi) is 5.94. The van der Waals surface area contributed by atoms with Crippen LogP contribution in [0.25, 0.3) is 0 Å². The molecule has 0 atom stereocenters. The molecule has 22 heavy (non-hydrogen) atoms. The normalized spacial score (nSPS) is 12.0. The predicted molar refractivity (Wildman–Crippen MR) is 89.1 cm³/mol. The third-order valence-corrected chi connectivity index (χ3v) is 4.10. The molecule has 6 nitrogen and oxygen atoms in total. The highest BCUT2D eigenvalue weighted by atomic mass is 32.1. The Labute approximate surface area is 135 Å². The first-order chi connectivity index (χ1) is 10.6. The van der Waals surface area contributed by atoms with Crippen LogP contribution >= 0.6 is 11.3 Å². The fraction of sp³-hybridized carbons (Fsp3) is 0.533. The summed E-state index contributed by atoms with van der Waals surface area (Å²) in [4.78, 5) is 9.99. The van der Waals surface area contributed by atoms with Crippen LogP contribution < -0.4 is 10.6 Å². The largest absolute Gasteiger partial charge is 0.359 e. The van der Waals surface area contributed by atoms with Gasteiger partial charge in [-0.05, 0) is 19.8 Å². The second-order valence-electron chi connectivity index (χ2n) is 5.28. The summed E-state index contributed by atoms with van der Waals surface area (Å²) in [5, 5.41) is 10.6. The lowest BCUT2D eigenvalue weighted by Crippen LogP contribution is -2.36. The van der Waals surface area contributed by atoms with Gasteiger partial charge in [0.2, 0.25) is 0 Å². The van der Waals surface area contributed by atoms with Gasteiger partial charge in [0.05, 0.1) is 23.4 Å². The molecule has 2 aromatic heterocycles. The molecule has 0 radical (unpaired) electrons. The molecule has 0 amide bonds. The second kappa shape index (κ2) is 7.93. The van der Waals surface area contributed by atoms with Crippen LogP contribution in [0.4, 0.5) is 0 Å². The summed E-state index contributed by atoms with van der Waals surface area (Å²) < 4.78 is 5.30. The van der Waals surface area contributed by atoms with E-state index in [-0.39, 0.29) is 0 Å². The van der Waals surface area contributed by atoms with Gasteiger partial charge >= 0.3 is 0 Å². The summed E-state index contributed by atoms with van der Waals surface area (Å²) in [5.74, 6) is 1.90. The van der Waals surface area contributed by atoms with Gasteiger partial charge in [-0.15, -0.1) is 11.3 Å². The van der Waals surface area contributed by atoms with E-state index in [1.54, 1.807) is 11.3 Å². The first-order valence-corrected chi connectivity index (χ1v) is 8.34.